The molecule has 1 aliphatic carbocycles. The van der Waals surface area contributed by atoms with Crippen molar-refractivity contribution in [3.05, 3.63) is 28.8 Å². The molecule has 0 radical (unpaired) electrons. The Hall–Kier alpha value is -1.16. The van der Waals surface area contributed by atoms with Gasteiger partial charge in [0.05, 0.1) is 0 Å². The first-order valence-electron chi connectivity index (χ1n) is 4.06. The number of phenolic OH excluding ortho intramolecular Hbond substituents is 1. The summed E-state index contributed by atoms with van der Waals surface area (Å²) < 4.78 is 26.1. The van der Waals surface area contributed by atoms with E-state index >= 15 is 0 Å². The van der Waals surface area contributed by atoms with E-state index in [1.165, 1.54) is 0 Å². The summed E-state index contributed by atoms with van der Waals surface area (Å²) in [6.07, 6.45) is 1.07. The quantitative estimate of drug-likeness (QED) is 0.645. The van der Waals surface area contributed by atoms with Crippen molar-refractivity contribution >= 4 is 0 Å². The Balaban J connectivity index is 2.67. The summed E-state index contributed by atoms with van der Waals surface area (Å²) in [5.41, 5.74) is 6.45. The van der Waals surface area contributed by atoms with Crippen LogP contribution in [0.25, 0.3) is 0 Å². The lowest BCUT2D eigenvalue weighted by Gasteiger charge is -2.06. The van der Waals surface area contributed by atoms with Crippen LogP contribution in [0.1, 0.15) is 23.6 Å². The number of phenols is 1. The fourth-order valence-electron chi connectivity index (χ4n) is 1.71. The maximum absolute atomic E-state index is 13.2. The highest BCUT2D eigenvalue weighted by molar-refractivity contribution is 5.42. The molecule has 0 unspecified atom stereocenters. The van der Waals surface area contributed by atoms with Crippen molar-refractivity contribution in [1.82, 2.24) is 0 Å². The molecule has 0 amide bonds. The van der Waals surface area contributed by atoms with Gasteiger partial charge in [-0.25, -0.2) is 8.78 Å². The number of hydrogen-bond acceptors (Lipinski definition) is 2. The molecular weight excluding hydrogens is 176 g/mol. The standard InChI is InChI=1S/C9H9F2NO/c10-6-3-5-4(1-2-7(5)12)8(11)9(6)13/h3,7,13H,1-2,12H2/t7-/m0/s1. The first kappa shape index (κ1) is 8.44. The summed E-state index contributed by atoms with van der Waals surface area (Å²) in [6, 6.07) is 0.811. The highest BCUT2D eigenvalue weighted by Crippen LogP contribution is 2.36. The molecular formula is C9H9F2NO. The van der Waals surface area contributed by atoms with Crippen molar-refractivity contribution in [2.45, 2.75) is 18.9 Å². The van der Waals surface area contributed by atoms with Gasteiger partial charge in [-0.3, -0.25) is 0 Å². The summed E-state index contributed by atoms with van der Waals surface area (Å²) in [4.78, 5) is 0. The fraction of sp³-hybridized carbons (Fsp3) is 0.333. The van der Waals surface area contributed by atoms with Crippen molar-refractivity contribution in [2.24, 2.45) is 5.73 Å². The highest BCUT2D eigenvalue weighted by Gasteiger charge is 2.26. The van der Waals surface area contributed by atoms with E-state index in [1.807, 2.05) is 0 Å². The van der Waals surface area contributed by atoms with Crippen LogP contribution >= 0.6 is 0 Å². The molecule has 0 aromatic heterocycles. The molecule has 1 aromatic carbocycles. The zero-order chi connectivity index (χ0) is 9.59. The second-order valence-electron chi connectivity index (χ2n) is 3.23. The van der Waals surface area contributed by atoms with Gasteiger partial charge in [-0.05, 0) is 30.0 Å². The van der Waals surface area contributed by atoms with Gasteiger partial charge in [0.1, 0.15) is 0 Å². The second-order valence-corrected chi connectivity index (χ2v) is 3.23. The lowest BCUT2D eigenvalue weighted by Crippen LogP contribution is -2.06. The van der Waals surface area contributed by atoms with Crippen molar-refractivity contribution < 1.29 is 13.9 Å². The molecule has 70 valence electrons. The molecule has 0 heterocycles. The van der Waals surface area contributed by atoms with Crippen LogP contribution in [0.2, 0.25) is 0 Å². The average molecular weight is 185 g/mol. The third kappa shape index (κ3) is 1.09. The van der Waals surface area contributed by atoms with Crippen LogP contribution in [-0.2, 0) is 6.42 Å². The van der Waals surface area contributed by atoms with E-state index in [9.17, 15) is 8.78 Å². The Morgan fingerprint density at radius 3 is 2.85 bits per heavy atom. The Kier molecular flexibility index (Phi) is 1.73. The van der Waals surface area contributed by atoms with Gasteiger partial charge in [-0.1, -0.05) is 0 Å². The Bertz CT molecular complexity index is 365. The van der Waals surface area contributed by atoms with Crippen LogP contribution in [0.4, 0.5) is 8.78 Å². The van der Waals surface area contributed by atoms with E-state index in [0.717, 1.165) is 6.07 Å². The molecule has 2 rings (SSSR count). The normalized spacial score (nSPS) is 20.4. The fourth-order valence-corrected chi connectivity index (χ4v) is 1.71. The summed E-state index contributed by atoms with van der Waals surface area (Å²) in [5, 5.41) is 8.97. The van der Waals surface area contributed by atoms with E-state index in [4.69, 9.17) is 10.8 Å². The second kappa shape index (κ2) is 2.67. The van der Waals surface area contributed by atoms with Crippen LogP contribution in [0.15, 0.2) is 6.07 Å². The number of fused-ring (bicyclic) bond motifs is 1. The maximum atomic E-state index is 13.2. The molecule has 1 aliphatic rings. The molecule has 2 nitrogen and oxygen atoms in total. The molecule has 0 fully saturated rings. The van der Waals surface area contributed by atoms with Crippen molar-refractivity contribution in [1.29, 1.82) is 0 Å². The van der Waals surface area contributed by atoms with Crippen molar-refractivity contribution in [3.63, 3.8) is 0 Å². The number of rotatable bonds is 0. The monoisotopic (exact) mass is 185 g/mol. The van der Waals surface area contributed by atoms with Crippen LogP contribution in [-0.4, -0.2) is 5.11 Å². The predicted molar refractivity (Wildman–Crippen MR) is 43.3 cm³/mol. The molecule has 4 heteroatoms. The minimum atomic E-state index is -0.936. The molecule has 3 N–H and O–H groups in total. The van der Waals surface area contributed by atoms with Gasteiger partial charge >= 0.3 is 0 Å². The van der Waals surface area contributed by atoms with Crippen LogP contribution < -0.4 is 5.73 Å². The summed E-state index contributed by atoms with van der Waals surface area (Å²) in [5.74, 6) is -2.69. The van der Waals surface area contributed by atoms with Gasteiger partial charge in [-0.2, -0.15) is 0 Å². The zero-order valence-electron chi connectivity index (χ0n) is 6.85. The van der Waals surface area contributed by atoms with E-state index in [2.05, 4.69) is 0 Å². The first-order chi connectivity index (χ1) is 6.11. The molecule has 1 aromatic rings. The molecule has 13 heavy (non-hydrogen) atoms. The Labute approximate surface area is 74.0 Å². The minimum absolute atomic E-state index is 0.306. The molecule has 1 atom stereocenters. The smallest absolute Gasteiger partial charge is 0.188 e. The number of benzene rings is 1. The number of hydrogen-bond donors (Lipinski definition) is 2. The first-order valence-corrected chi connectivity index (χ1v) is 4.06. The topological polar surface area (TPSA) is 46.2 Å². The Morgan fingerprint density at radius 1 is 1.46 bits per heavy atom. The molecule has 0 saturated carbocycles. The molecule has 0 aliphatic heterocycles. The van der Waals surface area contributed by atoms with Gasteiger partial charge < -0.3 is 10.8 Å². The third-order valence-electron chi connectivity index (χ3n) is 2.43. The molecule has 0 bridgehead atoms. The maximum Gasteiger partial charge on any atom is 0.188 e. The summed E-state index contributed by atoms with van der Waals surface area (Å²) >= 11 is 0. The molecule has 0 saturated heterocycles. The lowest BCUT2D eigenvalue weighted by molar-refractivity contribution is 0.393. The lowest BCUT2D eigenvalue weighted by atomic mass is 10.1. The van der Waals surface area contributed by atoms with E-state index in [1.54, 1.807) is 0 Å². The predicted octanol–water partition coefficient (Wildman–Crippen LogP) is 1.62. The van der Waals surface area contributed by atoms with Gasteiger partial charge in [0.2, 0.25) is 0 Å². The SMILES string of the molecule is N[C@H]1CCc2c1cc(F)c(O)c2F. The summed E-state index contributed by atoms with van der Waals surface area (Å²) in [6.45, 7) is 0. The van der Waals surface area contributed by atoms with E-state index in [0.29, 0.717) is 24.0 Å². The van der Waals surface area contributed by atoms with Gasteiger partial charge in [0.15, 0.2) is 17.4 Å². The largest absolute Gasteiger partial charge is 0.503 e. The zero-order valence-corrected chi connectivity index (χ0v) is 6.85. The van der Waals surface area contributed by atoms with E-state index in [-0.39, 0.29) is 6.04 Å². The summed E-state index contributed by atoms with van der Waals surface area (Å²) in [7, 11) is 0. The third-order valence-corrected chi connectivity index (χ3v) is 2.43. The average Bonchev–Trinajstić information content (AvgIpc) is 2.45. The van der Waals surface area contributed by atoms with Gasteiger partial charge in [-0.15, -0.1) is 0 Å². The number of nitrogens with two attached hydrogens (primary N) is 1. The van der Waals surface area contributed by atoms with Crippen molar-refractivity contribution in [2.75, 3.05) is 0 Å². The van der Waals surface area contributed by atoms with Crippen LogP contribution in [0, 0.1) is 11.6 Å². The van der Waals surface area contributed by atoms with Crippen molar-refractivity contribution in [3.8, 4) is 5.75 Å². The number of halogens is 2. The number of aromatic hydroxyl groups is 1. The van der Waals surface area contributed by atoms with E-state index < -0.39 is 17.4 Å². The Morgan fingerprint density at radius 2 is 2.15 bits per heavy atom. The molecule has 0 spiro atoms. The van der Waals surface area contributed by atoms with Gasteiger partial charge in [0.25, 0.3) is 0 Å². The van der Waals surface area contributed by atoms with Gasteiger partial charge in [0, 0.05) is 6.04 Å². The van der Waals surface area contributed by atoms with Crippen LogP contribution in [0.5, 0.6) is 5.75 Å². The van der Waals surface area contributed by atoms with Crippen LogP contribution in [0.3, 0.4) is 0 Å². The minimum Gasteiger partial charge on any atom is -0.503 e. The highest BCUT2D eigenvalue weighted by atomic mass is 19.1.